The first-order valence-corrected chi connectivity index (χ1v) is 6.12. The molecule has 0 spiro atoms. The predicted molar refractivity (Wildman–Crippen MR) is 67.9 cm³/mol. The Kier molecular flexibility index (Phi) is 3.64. The second-order valence-corrected chi connectivity index (χ2v) is 4.98. The number of anilines is 1. The molecule has 0 radical (unpaired) electrons. The van der Waals surface area contributed by atoms with Gasteiger partial charge in [0, 0.05) is 0 Å². The summed E-state index contributed by atoms with van der Waals surface area (Å²) in [4.78, 5) is 15.8. The maximum absolute atomic E-state index is 11.8. The van der Waals surface area contributed by atoms with E-state index in [9.17, 15) is 4.79 Å². The highest BCUT2D eigenvalue weighted by molar-refractivity contribution is 6.29. The maximum atomic E-state index is 11.8. The van der Waals surface area contributed by atoms with Gasteiger partial charge in [-0.25, -0.2) is 4.98 Å². The number of halogens is 1. The molecule has 17 heavy (non-hydrogen) atoms. The lowest BCUT2D eigenvalue weighted by Gasteiger charge is -2.13. The van der Waals surface area contributed by atoms with E-state index in [0.717, 1.165) is 12.0 Å². The monoisotopic (exact) mass is 253 g/mol. The number of nitrogens with two attached hydrogens (primary N) is 1. The van der Waals surface area contributed by atoms with Crippen molar-refractivity contribution >= 4 is 23.2 Å². The topological polar surface area (TPSA) is 68.0 Å². The molecule has 0 bridgehead atoms. The molecule has 1 amide bonds. The van der Waals surface area contributed by atoms with E-state index in [0.29, 0.717) is 16.8 Å². The van der Waals surface area contributed by atoms with Crippen LogP contribution in [0.2, 0.25) is 5.15 Å². The van der Waals surface area contributed by atoms with Crippen molar-refractivity contribution in [1.82, 2.24) is 4.98 Å². The smallest absolute Gasteiger partial charge is 0.241 e. The number of pyridine rings is 1. The fraction of sp³-hybridized carbons (Fsp3) is 0.500. The van der Waals surface area contributed by atoms with Crippen LogP contribution in [0.3, 0.4) is 0 Å². The SMILES string of the molecule is Cc1cc(Cl)ncc1NC(=O)[C@@H](N)CC1CC1. The lowest BCUT2D eigenvalue weighted by atomic mass is 10.1. The fourth-order valence-electron chi connectivity index (χ4n) is 1.70. The highest BCUT2D eigenvalue weighted by Gasteiger charge is 2.27. The second-order valence-electron chi connectivity index (χ2n) is 4.60. The van der Waals surface area contributed by atoms with E-state index >= 15 is 0 Å². The van der Waals surface area contributed by atoms with Crippen LogP contribution in [0.25, 0.3) is 0 Å². The molecule has 5 heteroatoms. The van der Waals surface area contributed by atoms with E-state index in [1.165, 1.54) is 12.8 Å². The van der Waals surface area contributed by atoms with Gasteiger partial charge in [0.25, 0.3) is 0 Å². The van der Waals surface area contributed by atoms with Crippen LogP contribution < -0.4 is 11.1 Å². The molecule has 3 N–H and O–H groups in total. The van der Waals surface area contributed by atoms with E-state index < -0.39 is 6.04 Å². The summed E-state index contributed by atoms with van der Waals surface area (Å²) in [6.45, 7) is 1.87. The highest BCUT2D eigenvalue weighted by atomic mass is 35.5. The van der Waals surface area contributed by atoms with Gasteiger partial charge in [-0.05, 0) is 30.9 Å². The minimum Gasteiger partial charge on any atom is -0.323 e. The molecule has 0 unspecified atom stereocenters. The number of aromatic nitrogens is 1. The molecule has 1 saturated carbocycles. The normalized spacial score (nSPS) is 16.6. The number of carbonyl (C=O) groups is 1. The Hall–Kier alpha value is -1.13. The molecule has 92 valence electrons. The van der Waals surface area contributed by atoms with Crippen LogP contribution in [0.15, 0.2) is 12.3 Å². The van der Waals surface area contributed by atoms with Gasteiger partial charge in [0.15, 0.2) is 0 Å². The van der Waals surface area contributed by atoms with Crippen molar-refractivity contribution in [2.24, 2.45) is 11.7 Å². The molecule has 2 rings (SSSR count). The number of hydrogen-bond donors (Lipinski definition) is 2. The molecular formula is C12H16ClN3O. The molecule has 1 atom stereocenters. The standard InChI is InChI=1S/C12H16ClN3O/c1-7-4-11(13)15-6-10(7)16-12(17)9(14)5-8-2-3-8/h4,6,8-9H,2-3,5,14H2,1H3,(H,16,17)/t9-/m0/s1. The van der Waals surface area contributed by atoms with E-state index in [2.05, 4.69) is 10.3 Å². The second kappa shape index (κ2) is 5.02. The third-order valence-corrected chi connectivity index (χ3v) is 3.16. The summed E-state index contributed by atoms with van der Waals surface area (Å²) in [5.41, 5.74) is 7.39. The molecule has 1 fully saturated rings. The quantitative estimate of drug-likeness (QED) is 0.808. The van der Waals surface area contributed by atoms with E-state index in [4.69, 9.17) is 17.3 Å². The van der Waals surface area contributed by atoms with Crippen LogP contribution in [-0.2, 0) is 4.79 Å². The Morgan fingerprint density at radius 1 is 1.71 bits per heavy atom. The van der Waals surface area contributed by atoms with Gasteiger partial charge in [-0.3, -0.25) is 4.79 Å². The summed E-state index contributed by atoms with van der Waals surface area (Å²) in [6.07, 6.45) is 4.72. The summed E-state index contributed by atoms with van der Waals surface area (Å²) in [5.74, 6) is 0.490. The van der Waals surface area contributed by atoms with E-state index in [-0.39, 0.29) is 5.91 Å². The molecule has 1 aromatic heterocycles. The first-order chi connectivity index (χ1) is 8.06. The van der Waals surface area contributed by atoms with E-state index in [1.54, 1.807) is 12.3 Å². The Labute approximate surface area is 106 Å². The summed E-state index contributed by atoms with van der Waals surface area (Å²) in [7, 11) is 0. The first-order valence-electron chi connectivity index (χ1n) is 5.75. The molecule has 0 aliphatic heterocycles. The van der Waals surface area contributed by atoms with Gasteiger partial charge in [0.05, 0.1) is 17.9 Å². The summed E-state index contributed by atoms with van der Waals surface area (Å²) >= 11 is 5.74. The number of amides is 1. The average Bonchev–Trinajstić information content (AvgIpc) is 3.06. The lowest BCUT2D eigenvalue weighted by molar-refractivity contribution is -0.117. The van der Waals surface area contributed by atoms with Crippen molar-refractivity contribution in [3.63, 3.8) is 0 Å². The highest BCUT2D eigenvalue weighted by Crippen LogP contribution is 2.33. The predicted octanol–water partition coefficient (Wildman–Crippen LogP) is 2.11. The Morgan fingerprint density at radius 3 is 3.00 bits per heavy atom. The molecule has 4 nitrogen and oxygen atoms in total. The number of hydrogen-bond acceptors (Lipinski definition) is 3. The van der Waals surface area contributed by atoms with Crippen molar-refractivity contribution < 1.29 is 4.79 Å². The number of nitrogens with zero attached hydrogens (tertiary/aromatic N) is 1. The van der Waals surface area contributed by atoms with Crippen molar-refractivity contribution in [2.75, 3.05) is 5.32 Å². The van der Waals surface area contributed by atoms with Gasteiger partial charge in [-0.1, -0.05) is 24.4 Å². The van der Waals surface area contributed by atoms with Crippen molar-refractivity contribution in [3.8, 4) is 0 Å². The van der Waals surface area contributed by atoms with Gasteiger partial charge >= 0.3 is 0 Å². The minimum absolute atomic E-state index is 0.149. The number of carbonyl (C=O) groups excluding carboxylic acids is 1. The molecule has 1 aliphatic carbocycles. The average molecular weight is 254 g/mol. The zero-order valence-electron chi connectivity index (χ0n) is 9.74. The fourth-order valence-corrected chi connectivity index (χ4v) is 1.91. The molecule has 1 aliphatic rings. The van der Waals surface area contributed by atoms with Gasteiger partial charge in [-0.15, -0.1) is 0 Å². The zero-order valence-corrected chi connectivity index (χ0v) is 10.5. The van der Waals surface area contributed by atoms with Crippen LogP contribution in [0.1, 0.15) is 24.8 Å². The van der Waals surface area contributed by atoms with Crippen LogP contribution in [0, 0.1) is 12.8 Å². The van der Waals surface area contributed by atoms with Crippen molar-refractivity contribution in [1.29, 1.82) is 0 Å². The lowest BCUT2D eigenvalue weighted by Crippen LogP contribution is -2.36. The van der Waals surface area contributed by atoms with Crippen molar-refractivity contribution in [3.05, 3.63) is 23.0 Å². The largest absolute Gasteiger partial charge is 0.323 e. The summed E-state index contributed by atoms with van der Waals surface area (Å²) in [6, 6.07) is 1.28. The number of rotatable bonds is 4. The van der Waals surface area contributed by atoms with Crippen LogP contribution in [-0.4, -0.2) is 16.9 Å². The van der Waals surface area contributed by atoms with Crippen LogP contribution in [0.4, 0.5) is 5.69 Å². The third kappa shape index (κ3) is 3.41. The molecular weight excluding hydrogens is 238 g/mol. The van der Waals surface area contributed by atoms with Gasteiger partial charge in [-0.2, -0.15) is 0 Å². The molecule has 1 heterocycles. The molecule has 1 aromatic rings. The van der Waals surface area contributed by atoms with Crippen LogP contribution in [0.5, 0.6) is 0 Å². The van der Waals surface area contributed by atoms with Gasteiger partial charge < -0.3 is 11.1 Å². The first kappa shape index (κ1) is 12.3. The van der Waals surface area contributed by atoms with Crippen LogP contribution >= 0.6 is 11.6 Å². The zero-order chi connectivity index (χ0) is 12.4. The summed E-state index contributed by atoms with van der Waals surface area (Å²) < 4.78 is 0. The minimum atomic E-state index is -0.433. The summed E-state index contributed by atoms with van der Waals surface area (Å²) in [5, 5.41) is 3.20. The van der Waals surface area contributed by atoms with Gasteiger partial charge in [0.2, 0.25) is 5.91 Å². The third-order valence-electron chi connectivity index (χ3n) is 2.96. The maximum Gasteiger partial charge on any atom is 0.241 e. The number of aryl methyl sites for hydroxylation is 1. The number of nitrogens with one attached hydrogen (secondary N) is 1. The Morgan fingerprint density at radius 2 is 2.41 bits per heavy atom. The Bertz CT molecular complexity index is 432. The van der Waals surface area contributed by atoms with Crippen molar-refractivity contribution in [2.45, 2.75) is 32.2 Å². The molecule has 0 aromatic carbocycles. The van der Waals surface area contributed by atoms with Gasteiger partial charge in [0.1, 0.15) is 5.15 Å². The Balaban J connectivity index is 1.96. The van der Waals surface area contributed by atoms with E-state index in [1.807, 2.05) is 6.92 Å². The molecule has 0 saturated heterocycles.